The molecule has 5 heteroatoms. The van der Waals surface area contributed by atoms with E-state index in [1.54, 1.807) is 6.07 Å². The zero-order chi connectivity index (χ0) is 14.4. The summed E-state index contributed by atoms with van der Waals surface area (Å²) in [5.74, 6) is 0.568. The Hall–Kier alpha value is -0.800. The number of benzene rings is 1. The van der Waals surface area contributed by atoms with Crippen molar-refractivity contribution in [3.63, 3.8) is 0 Å². The van der Waals surface area contributed by atoms with Crippen molar-refractivity contribution in [2.75, 3.05) is 0 Å². The third-order valence-corrected chi connectivity index (χ3v) is 4.09. The monoisotopic (exact) mass is 302 g/mol. The van der Waals surface area contributed by atoms with Gasteiger partial charge in [-0.25, -0.2) is 9.37 Å². The van der Waals surface area contributed by atoms with Crippen molar-refractivity contribution in [1.82, 2.24) is 9.55 Å². The fraction of sp³-hybridized carbons (Fsp3) is 0.500. The van der Waals surface area contributed by atoms with Crippen molar-refractivity contribution in [2.45, 2.75) is 39.6 Å². The molecule has 0 N–H and O–H groups in total. The van der Waals surface area contributed by atoms with Crippen LogP contribution in [-0.2, 0) is 5.88 Å². The van der Waals surface area contributed by atoms with E-state index in [0.717, 1.165) is 11.3 Å². The molecule has 0 aliphatic carbocycles. The molecule has 19 heavy (non-hydrogen) atoms. The van der Waals surface area contributed by atoms with Crippen LogP contribution in [0.3, 0.4) is 0 Å². The second-order valence-corrected chi connectivity index (χ2v) is 6.50. The van der Waals surface area contributed by atoms with Crippen LogP contribution >= 0.6 is 23.2 Å². The van der Waals surface area contributed by atoms with Crippen LogP contribution in [0.1, 0.15) is 39.6 Å². The van der Waals surface area contributed by atoms with E-state index in [4.69, 9.17) is 23.2 Å². The molecular weight excluding hydrogens is 286 g/mol. The van der Waals surface area contributed by atoms with Gasteiger partial charge >= 0.3 is 0 Å². The molecule has 2 nitrogen and oxygen atoms in total. The van der Waals surface area contributed by atoms with Crippen LogP contribution in [0.15, 0.2) is 12.1 Å². The second-order valence-electron chi connectivity index (χ2n) is 5.83. The standard InChI is InChI=1S/C14H17Cl2FN2/c1-8(14(2,3)4)19-12-5-9(16)10(17)6-11(12)18-13(19)7-15/h5-6,8H,7H2,1-4H3. The molecule has 0 saturated carbocycles. The van der Waals surface area contributed by atoms with E-state index < -0.39 is 5.82 Å². The Labute approximate surface area is 122 Å². The van der Waals surface area contributed by atoms with Gasteiger partial charge in [0.05, 0.1) is 21.9 Å². The first kappa shape index (κ1) is 14.6. The van der Waals surface area contributed by atoms with Gasteiger partial charge in [0.25, 0.3) is 0 Å². The topological polar surface area (TPSA) is 17.8 Å². The van der Waals surface area contributed by atoms with Crippen molar-refractivity contribution < 1.29 is 4.39 Å². The van der Waals surface area contributed by atoms with Gasteiger partial charge in [-0.2, -0.15) is 0 Å². The maximum atomic E-state index is 13.5. The molecule has 0 saturated heterocycles. The van der Waals surface area contributed by atoms with Crippen LogP contribution < -0.4 is 0 Å². The molecule has 0 radical (unpaired) electrons. The van der Waals surface area contributed by atoms with Crippen LogP contribution in [-0.4, -0.2) is 9.55 Å². The van der Waals surface area contributed by atoms with Crippen LogP contribution in [0.2, 0.25) is 5.02 Å². The molecule has 2 aromatic rings. The summed E-state index contributed by atoms with van der Waals surface area (Å²) in [7, 11) is 0. The highest BCUT2D eigenvalue weighted by molar-refractivity contribution is 6.31. The lowest BCUT2D eigenvalue weighted by atomic mass is 9.87. The molecule has 0 fully saturated rings. The minimum absolute atomic E-state index is 0.0370. The zero-order valence-electron chi connectivity index (χ0n) is 11.5. The summed E-state index contributed by atoms with van der Waals surface area (Å²) >= 11 is 11.8. The molecule has 0 aliphatic heterocycles. The number of aromatic nitrogens is 2. The van der Waals surface area contributed by atoms with Gasteiger partial charge in [-0.1, -0.05) is 32.4 Å². The highest BCUT2D eigenvalue weighted by Gasteiger charge is 2.26. The van der Waals surface area contributed by atoms with Gasteiger partial charge in [0, 0.05) is 12.1 Å². The van der Waals surface area contributed by atoms with E-state index in [1.165, 1.54) is 6.07 Å². The Morgan fingerprint density at radius 2 is 2.00 bits per heavy atom. The Morgan fingerprint density at radius 1 is 1.37 bits per heavy atom. The predicted octanol–water partition coefficient (Wildman–Crippen LogP) is 5.17. The van der Waals surface area contributed by atoms with Gasteiger partial charge in [-0.05, 0) is 18.4 Å². The maximum absolute atomic E-state index is 13.5. The fourth-order valence-corrected chi connectivity index (χ4v) is 2.40. The molecular formula is C14H17Cl2FN2. The van der Waals surface area contributed by atoms with Gasteiger partial charge in [0.1, 0.15) is 11.6 Å². The van der Waals surface area contributed by atoms with Crippen molar-refractivity contribution in [2.24, 2.45) is 5.41 Å². The Morgan fingerprint density at radius 3 is 2.53 bits per heavy atom. The zero-order valence-corrected chi connectivity index (χ0v) is 13.0. The van der Waals surface area contributed by atoms with E-state index in [1.807, 2.05) is 4.57 Å². The normalized spacial score (nSPS) is 14.1. The first-order valence-corrected chi connectivity index (χ1v) is 7.08. The van der Waals surface area contributed by atoms with Crippen molar-refractivity contribution in [3.05, 3.63) is 28.8 Å². The summed E-state index contributed by atoms with van der Waals surface area (Å²) in [6.07, 6.45) is 0. The SMILES string of the molecule is CC(n1c(CCl)nc2cc(F)c(Cl)cc21)C(C)(C)C. The van der Waals surface area contributed by atoms with Crippen LogP contribution in [0.5, 0.6) is 0 Å². The van der Waals surface area contributed by atoms with Crippen LogP contribution in [0.4, 0.5) is 4.39 Å². The van der Waals surface area contributed by atoms with E-state index in [9.17, 15) is 4.39 Å². The van der Waals surface area contributed by atoms with Gasteiger partial charge in [0.15, 0.2) is 0 Å². The van der Waals surface area contributed by atoms with E-state index >= 15 is 0 Å². The third-order valence-electron chi connectivity index (χ3n) is 3.56. The maximum Gasteiger partial charge on any atom is 0.144 e. The highest BCUT2D eigenvalue weighted by atomic mass is 35.5. The average molecular weight is 303 g/mol. The number of fused-ring (bicyclic) bond motifs is 1. The lowest BCUT2D eigenvalue weighted by molar-refractivity contribution is 0.264. The molecule has 104 valence electrons. The van der Waals surface area contributed by atoms with Crippen molar-refractivity contribution in [3.8, 4) is 0 Å². The van der Waals surface area contributed by atoms with Crippen molar-refractivity contribution >= 4 is 34.2 Å². The number of nitrogens with zero attached hydrogens (tertiary/aromatic N) is 2. The van der Waals surface area contributed by atoms with Gasteiger partial charge in [-0.15, -0.1) is 11.6 Å². The largest absolute Gasteiger partial charge is 0.324 e. The summed E-state index contributed by atoms with van der Waals surface area (Å²) < 4.78 is 15.6. The Balaban J connectivity index is 2.74. The number of imidazole rings is 1. The lowest BCUT2D eigenvalue weighted by Gasteiger charge is -2.30. The predicted molar refractivity (Wildman–Crippen MR) is 78.4 cm³/mol. The number of rotatable bonds is 2. The van der Waals surface area contributed by atoms with Crippen LogP contribution in [0, 0.1) is 11.2 Å². The van der Waals surface area contributed by atoms with Gasteiger partial charge in [-0.3, -0.25) is 0 Å². The van der Waals surface area contributed by atoms with E-state index in [0.29, 0.717) is 5.52 Å². The minimum atomic E-state index is -0.455. The molecule has 1 aromatic heterocycles. The third kappa shape index (κ3) is 2.59. The summed E-state index contributed by atoms with van der Waals surface area (Å²) in [4.78, 5) is 4.40. The molecule has 0 amide bonds. The molecule has 0 bridgehead atoms. The summed E-state index contributed by atoms with van der Waals surface area (Å²) in [6, 6.07) is 3.16. The molecule has 1 atom stereocenters. The summed E-state index contributed by atoms with van der Waals surface area (Å²) in [5, 5.41) is 0.107. The highest BCUT2D eigenvalue weighted by Crippen LogP contribution is 2.35. The number of alkyl halides is 1. The van der Waals surface area contributed by atoms with Gasteiger partial charge < -0.3 is 4.57 Å². The summed E-state index contributed by atoms with van der Waals surface area (Å²) in [6.45, 7) is 8.54. The summed E-state index contributed by atoms with van der Waals surface area (Å²) in [5.41, 5.74) is 1.45. The Bertz CT molecular complexity index is 614. The molecule has 1 unspecified atom stereocenters. The first-order chi connectivity index (χ1) is 8.75. The molecule has 0 aliphatic rings. The van der Waals surface area contributed by atoms with E-state index in [2.05, 4.69) is 32.7 Å². The molecule has 1 heterocycles. The van der Waals surface area contributed by atoms with Crippen LogP contribution in [0.25, 0.3) is 11.0 Å². The van der Waals surface area contributed by atoms with Crippen molar-refractivity contribution in [1.29, 1.82) is 0 Å². The number of halogens is 3. The quantitative estimate of drug-likeness (QED) is 0.699. The smallest absolute Gasteiger partial charge is 0.144 e. The number of hydrogen-bond acceptors (Lipinski definition) is 1. The number of hydrogen-bond donors (Lipinski definition) is 0. The Kier molecular flexibility index (Phi) is 3.80. The molecule has 2 rings (SSSR count). The van der Waals surface area contributed by atoms with E-state index in [-0.39, 0.29) is 22.4 Å². The molecule has 0 spiro atoms. The second kappa shape index (κ2) is 4.95. The first-order valence-electron chi connectivity index (χ1n) is 6.17. The minimum Gasteiger partial charge on any atom is -0.324 e. The average Bonchev–Trinajstić information content (AvgIpc) is 2.65. The lowest BCUT2D eigenvalue weighted by Crippen LogP contribution is -2.22. The van der Waals surface area contributed by atoms with Gasteiger partial charge in [0.2, 0.25) is 0 Å². The molecule has 1 aromatic carbocycles. The fourth-order valence-electron chi connectivity index (χ4n) is 2.05.